The van der Waals surface area contributed by atoms with Crippen LogP contribution in [0, 0.1) is 0 Å². The maximum atomic E-state index is 12.6. The third kappa shape index (κ3) is 2.88. The van der Waals surface area contributed by atoms with Crippen molar-refractivity contribution < 1.29 is 13.2 Å². The topological polar surface area (TPSA) is 63.2 Å². The van der Waals surface area contributed by atoms with Gasteiger partial charge in [0.2, 0.25) is 0 Å². The fourth-order valence-corrected chi connectivity index (χ4v) is 3.81. The Kier molecular flexibility index (Phi) is 4.20. The highest BCUT2D eigenvalue weighted by Gasteiger charge is 2.22. The first-order chi connectivity index (χ1) is 9.58. The molecule has 0 aromatic heterocycles. The van der Waals surface area contributed by atoms with Crippen molar-refractivity contribution in [1.29, 1.82) is 0 Å². The molecule has 104 valence electrons. The zero-order valence-electron chi connectivity index (χ0n) is 11.0. The van der Waals surface area contributed by atoms with Crippen molar-refractivity contribution in [2.75, 3.05) is 12.4 Å². The monoisotopic (exact) mass is 289 g/mol. The predicted molar refractivity (Wildman–Crippen MR) is 78.7 cm³/mol. The van der Waals surface area contributed by atoms with Crippen LogP contribution in [0.3, 0.4) is 0 Å². The molecule has 0 saturated heterocycles. The molecule has 0 aliphatic carbocycles. The predicted octanol–water partition coefficient (Wildman–Crippen LogP) is 2.51. The van der Waals surface area contributed by atoms with E-state index < -0.39 is 9.84 Å². The van der Waals surface area contributed by atoms with Crippen molar-refractivity contribution >= 4 is 21.8 Å². The van der Waals surface area contributed by atoms with Crippen LogP contribution >= 0.6 is 0 Å². The van der Waals surface area contributed by atoms with E-state index in [1.54, 1.807) is 43.4 Å². The van der Waals surface area contributed by atoms with Gasteiger partial charge in [0.1, 0.15) is 4.90 Å². The number of benzene rings is 2. The first-order valence-electron chi connectivity index (χ1n) is 6.11. The van der Waals surface area contributed by atoms with Gasteiger partial charge < -0.3 is 5.32 Å². The summed E-state index contributed by atoms with van der Waals surface area (Å²) in [6.07, 6.45) is 0.568. The summed E-state index contributed by atoms with van der Waals surface area (Å²) in [7, 11) is -1.96. The van der Waals surface area contributed by atoms with Crippen molar-refractivity contribution in [3.8, 4) is 0 Å². The Labute approximate surface area is 118 Å². The average Bonchev–Trinajstić information content (AvgIpc) is 2.46. The van der Waals surface area contributed by atoms with Crippen LogP contribution in [-0.4, -0.2) is 21.8 Å². The summed E-state index contributed by atoms with van der Waals surface area (Å²) in [6, 6.07) is 13.7. The molecule has 0 aliphatic heterocycles. The molecule has 0 atom stereocenters. The molecule has 0 unspecified atom stereocenters. The number of sulfone groups is 1. The Morgan fingerprint density at radius 3 is 2.35 bits per heavy atom. The Hall–Kier alpha value is -2.14. The summed E-state index contributed by atoms with van der Waals surface area (Å²) in [5.74, 6) is -0.132. The minimum atomic E-state index is -3.59. The van der Waals surface area contributed by atoms with Gasteiger partial charge in [0, 0.05) is 12.6 Å². The molecule has 20 heavy (non-hydrogen) atoms. The van der Waals surface area contributed by atoms with E-state index in [2.05, 4.69) is 5.32 Å². The highest BCUT2D eigenvalue weighted by Crippen LogP contribution is 2.27. The van der Waals surface area contributed by atoms with E-state index in [0.29, 0.717) is 17.5 Å². The van der Waals surface area contributed by atoms with E-state index in [1.807, 2.05) is 6.07 Å². The molecule has 4 nitrogen and oxygen atoms in total. The second kappa shape index (κ2) is 5.88. The third-order valence-corrected chi connectivity index (χ3v) is 4.74. The summed E-state index contributed by atoms with van der Waals surface area (Å²) >= 11 is 0. The van der Waals surface area contributed by atoms with Gasteiger partial charge >= 0.3 is 0 Å². The highest BCUT2D eigenvalue weighted by molar-refractivity contribution is 7.90. The number of carbonyl (C=O) groups excluding carboxylic acids is 1. The van der Waals surface area contributed by atoms with Gasteiger partial charge in [-0.2, -0.15) is 0 Å². The molecule has 0 fully saturated rings. The minimum Gasteiger partial charge on any atom is -0.387 e. The van der Waals surface area contributed by atoms with Gasteiger partial charge in [-0.15, -0.1) is 0 Å². The van der Waals surface area contributed by atoms with E-state index >= 15 is 0 Å². The van der Waals surface area contributed by atoms with Crippen LogP contribution in [0.4, 0.5) is 5.69 Å². The van der Waals surface area contributed by atoms with Gasteiger partial charge in [-0.25, -0.2) is 8.42 Å². The van der Waals surface area contributed by atoms with Gasteiger partial charge in [0.05, 0.1) is 11.4 Å². The lowest BCUT2D eigenvalue weighted by molar-refractivity contribution is 0.112. The summed E-state index contributed by atoms with van der Waals surface area (Å²) in [6.45, 7) is 0. The van der Waals surface area contributed by atoms with Gasteiger partial charge in [-0.3, -0.25) is 4.79 Å². The fraction of sp³-hybridized carbons (Fsp3) is 0.133. The zero-order valence-corrected chi connectivity index (χ0v) is 11.9. The highest BCUT2D eigenvalue weighted by atomic mass is 32.2. The van der Waals surface area contributed by atoms with Crippen LogP contribution in [0.15, 0.2) is 53.4 Å². The third-order valence-electron chi connectivity index (χ3n) is 2.95. The molecule has 5 heteroatoms. The SMILES string of the molecule is CNc1cccc(C=O)c1S(=O)(=O)Cc1ccccc1. The molecule has 0 bridgehead atoms. The molecule has 2 aromatic carbocycles. The minimum absolute atomic E-state index is 0.0568. The van der Waals surface area contributed by atoms with Crippen molar-refractivity contribution in [3.63, 3.8) is 0 Å². The van der Waals surface area contributed by atoms with Gasteiger partial charge in [-0.1, -0.05) is 42.5 Å². The lowest BCUT2D eigenvalue weighted by Crippen LogP contribution is -2.11. The quantitative estimate of drug-likeness (QED) is 0.859. The number of aldehydes is 1. The molecule has 0 saturated carbocycles. The van der Waals surface area contributed by atoms with E-state index in [-0.39, 0.29) is 16.2 Å². The van der Waals surface area contributed by atoms with Crippen LogP contribution in [0.2, 0.25) is 0 Å². The lowest BCUT2D eigenvalue weighted by atomic mass is 10.2. The summed E-state index contributed by atoms with van der Waals surface area (Å²) < 4.78 is 25.1. The molecule has 0 heterocycles. The van der Waals surface area contributed by atoms with Crippen molar-refractivity contribution in [2.24, 2.45) is 0 Å². The molecule has 0 aliphatic rings. The van der Waals surface area contributed by atoms with Crippen LogP contribution in [-0.2, 0) is 15.6 Å². The molecular weight excluding hydrogens is 274 g/mol. The van der Waals surface area contributed by atoms with Crippen molar-refractivity contribution in [2.45, 2.75) is 10.6 Å². The molecule has 2 aromatic rings. The fourth-order valence-electron chi connectivity index (χ4n) is 2.06. The standard InChI is InChI=1S/C15H15NO3S/c1-16-14-9-5-8-13(10-17)15(14)20(18,19)11-12-6-3-2-4-7-12/h2-10,16H,11H2,1H3. The Bertz CT molecular complexity index is 709. The zero-order chi connectivity index (χ0) is 14.6. The normalized spacial score (nSPS) is 11.1. The summed E-state index contributed by atoms with van der Waals surface area (Å²) in [5.41, 5.74) is 1.30. The van der Waals surface area contributed by atoms with Gasteiger partial charge in [0.25, 0.3) is 0 Å². The largest absolute Gasteiger partial charge is 0.387 e. The smallest absolute Gasteiger partial charge is 0.185 e. The van der Waals surface area contributed by atoms with Gasteiger partial charge in [0.15, 0.2) is 16.1 Å². The lowest BCUT2D eigenvalue weighted by Gasteiger charge is -2.12. The average molecular weight is 289 g/mol. The molecule has 0 radical (unpaired) electrons. The summed E-state index contributed by atoms with van der Waals surface area (Å²) in [5, 5.41) is 2.82. The Balaban J connectivity index is 2.52. The van der Waals surface area contributed by atoms with E-state index in [0.717, 1.165) is 0 Å². The number of hydrogen-bond acceptors (Lipinski definition) is 4. The van der Waals surface area contributed by atoms with Crippen LogP contribution in [0.25, 0.3) is 0 Å². The maximum absolute atomic E-state index is 12.6. The summed E-state index contributed by atoms with van der Waals surface area (Å²) in [4.78, 5) is 11.2. The van der Waals surface area contributed by atoms with Crippen LogP contribution < -0.4 is 5.32 Å². The molecule has 2 rings (SSSR count). The van der Waals surface area contributed by atoms with Crippen molar-refractivity contribution in [3.05, 3.63) is 59.7 Å². The number of nitrogens with one attached hydrogen (secondary N) is 1. The molecular formula is C15H15NO3S. The number of hydrogen-bond donors (Lipinski definition) is 1. The van der Waals surface area contributed by atoms with Gasteiger partial charge in [-0.05, 0) is 11.6 Å². The number of anilines is 1. The van der Waals surface area contributed by atoms with Crippen LogP contribution in [0.1, 0.15) is 15.9 Å². The van der Waals surface area contributed by atoms with E-state index in [9.17, 15) is 13.2 Å². The second-order valence-corrected chi connectivity index (χ2v) is 6.26. The first kappa shape index (κ1) is 14.3. The first-order valence-corrected chi connectivity index (χ1v) is 7.76. The number of carbonyl (C=O) groups is 1. The molecule has 1 N–H and O–H groups in total. The van der Waals surface area contributed by atoms with Crippen LogP contribution in [0.5, 0.6) is 0 Å². The van der Waals surface area contributed by atoms with E-state index in [1.165, 1.54) is 6.07 Å². The second-order valence-electron chi connectivity index (χ2n) is 4.34. The Morgan fingerprint density at radius 1 is 1.05 bits per heavy atom. The molecule has 0 spiro atoms. The number of rotatable bonds is 5. The van der Waals surface area contributed by atoms with E-state index in [4.69, 9.17) is 0 Å². The Morgan fingerprint density at radius 2 is 1.75 bits per heavy atom. The molecule has 0 amide bonds. The van der Waals surface area contributed by atoms with Crippen molar-refractivity contribution in [1.82, 2.24) is 0 Å². The maximum Gasteiger partial charge on any atom is 0.185 e.